The fourth-order valence-corrected chi connectivity index (χ4v) is 3.97. The number of hydrogen-bond donors (Lipinski definition) is 0. The van der Waals surface area contributed by atoms with Gasteiger partial charge in [0.05, 0.1) is 23.4 Å². The van der Waals surface area contributed by atoms with Crippen LogP contribution in [0.2, 0.25) is 0 Å². The van der Waals surface area contributed by atoms with Crippen LogP contribution >= 0.6 is 22.6 Å². The Morgan fingerprint density at radius 1 is 1.42 bits per heavy atom. The van der Waals surface area contributed by atoms with Crippen LogP contribution in [0.1, 0.15) is 6.42 Å². The summed E-state index contributed by atoms with van der Waals surface area (Å²) in [6, 6.07) is 0. The maximum atomic E-state index is 11.9. The van der Waals surface area contributed by atoms with Crippen molar-refractivity contribution in [1.82, 2.24) is 0 Å². The van der Waals surface area contributed by atoms with E-state index in [1.807, 2.05) is 22.6 Å². The van der Waals surface area contributed by atoms with Gasteiger partial charge in [0, 0.05) is 11.8 Å². The molecule has 0 aromatic carbocycles. The van der Waals surface area contributed by atoms with Crippen LogP contribution in [0.25, 0.3) is 0 Å². The van der Waals surface area contributed by atoms with Crippen LogP contribution in [0.3, 0.4) is 0 Å². The summed E-state index contributed by atoms with van der Waals surface area (Å²) in [6.45, 7) is 0. The lowest BCUT2D eigenvalue weighted by Crippen LogP contribution is -2.43. The summed E-state index contributed by atoms with van der Waals surface area (Å²) < 4.78 is 15.7. The van der Waals surface area contributed by atoms with Crippen LogP contribution in [0.4, 0.5) is 0 Å². The number of carbonyl (C=O) groups excluding carboxylic acids is 3. The molecule has 2 bridgehead atoms. The topological polar surface area (TPSA) is 78.9 Å². The second-order valence-electron chi connectivity index (χ2n) is 5.13. The van der Waals surface area contributed by atoms with Gasteiger partial charge in [-0.2, -0.15) is 0 Å². The average Bonchev–Trinajstić information content (AvgIpc) is 3.00. The minimum atomic E-state index is -0.534. The highest BCUT2D eigenvalue weighted by Gasteiger charge is 2.70. The third-order valence-electron chi connectivity index (χ3n) is 4.40. The summed E-state index contributed by atoms with van der Waals surface area (Å²) in [6.07, 6.45) is -0.200. The number of rotatable bonds is 3. The number of alkyl halides is 1. The number of hydrogen-bond acceptors (Lipinski definition) is 6. The molecule has 19 heavy (non-hydrogen) atoms. The summed E-state index contributed by atoms with van der Waals surface area (Å²) in [4.78, 5) is 35.2. The predicted octanol–water partition coefficient (Wildman–Crippen LogP) is 0.314. The van der Waals surface area contributed by atoms with E-state index in [0.29, 0.717) is 6.42 Å². The molecule has 2 aliphatic carbocycles. The first-order valence-electron chi connectivity index (χ1n) is 6.12. The molecule has 6 unspecified atom stereocenters. The van der Waals surface area contributed by atoms with Crippen molar-refractivity contribution in [2.24, 2.45) is 23.7 Å². The summed E-state index contributed by atoms with van der Waals surface area (Å²) in [7, 11) is 1.30. The Labute approximate surface area is 123 Å². The van der Waals surface area contributed by atoms with Crippen molar-refractivity contribution in [3.8, 4) is 0 Å². The monoisotopic (exact) mass is 380 g/mol. The molecule has 3 aliphatic rings. The van der Waals surface area contributed by atoms with E-state index in [1.54, 1.807) is 0 Å². The zero-order valence-corrected chi connectivity index (χ0v) is 12.4. The molecule has 3 fully saturated rings. The average molecular weight is 380 g/mol. The molecular weight excluding hydrogens is 367 g/mol. The van der Waals surface area contributed by atoms with Crippen molar-refractivity contribution >= 4 is 40.5 Å². The van der Waals surface area contributed by atoms with Gasteiger partial charge in [-0.15, -0.1) is 0 Å². The van der Waals surface area contributed by atoms with E-state index in [1.165, 1.54) is 7.11 Å². The van der Waals surface area contributed by atoms with Crippen molar-refractivity contribution in [3.05, 3.63) is 0 Å². The summed E-state index contributed by atoms with van der Waals surface area (Å²) in [5.74, 6) is -2.25. The smallest absolute Gasteiger partial charge is 0.316 e. The lowest BCUT2D eigenvalue weighted by Gasteiger charge is -2.29. The van der Waals surface area contributed by atoms with Crippen molar-refractivity contribution in [3.63, 3.8) is 0 Å². The quantitative estimate of drug-likeness (QED) is 0.304. The van der Waals surface area contributed by atoms with E-state index < -0.39 is 23.9 Å². The van der Waals surface area contributed by atoms with Gasteiger partial charge in [0.25, 0.3) is 0 Å². The summed E-state index contributed by atoms with van der Waals surface area (Å²) in [5, 5.41) is 0. The van der Waals surface area contributed by atoms with Gasteiger partial charge in [-0.3, -0.25) is 14.4 Å². The van der Waals surface area contributed by atoms with Crippen LogP contribution in [-0.2, 0) is 28.6 Å². The van der Waals surface area contributed by atoms with Gasteiger partial charge in [0.15, 0.2) is 0 Å². The highest BCUT2D eigenvalue weighted by molar-refractivity contribution is 14.1. The normalized spacial score (nSPS) is 42.1. The molecule has 6 atom stereocenters. The van der Waals surface area contributed by atoms with Gasteiger partial charge in [-0.1, -0.05) is 22.6 Å². The predicted molar refractivity (Wildman–Crippen MR) is 69.2 cm³/mol. The minimum Gasteiger partial charge on any atom is -0.469 e. The molecular formula is C12H13IO6. The molecule has 0 N–H and O–H groups in total. The van der Waals surface area contributed by atoms with E-state index in [9.17, 15) is 14.4 Å². The van der Waals surface area contributed by atoms with Crippen LogP contribution in [0.5, 0.6) is 0 Å². The fraction of sp³-hybridized carbons (Fsp3) is 0.750. The van der Waals surface area contributed by atoms with Crippen molar-refractivity contribution in [1.29, 1.82) is 0 Å². The van der Waals surface area contributed by atoms with Gasteiger partial charge in [-0.25, -0.2) is 0 Å². The van der Waals surface area contributed by atoms with E-state index in [-0.39, 0.29) is 34.3 Å². The second kappa shape index (κ2) is 4.60. The SMILES string of the molecule is COC(=O)C1C2CC3C(OC(=O)C31)C2OC(=O)CI. The summed E-state index contributed by atoms with van der Waals surface area (Å²) in [5.41, 5.74) is 0. The van der Waals surface area contributed by atoms with E-state index in [2.05, 4.69) is 0 Å². The molecule has 0 aromatic heterocycles. The number of halogens is 1. The number of fused-ring (bicyclic) bond motifs is 1. The van der Waals surface area contributed by atoms with Crippen molar-refractivity contribution in [2.45, 2.75) is 18.6 Å². The number of methoxy groups -OCH3 is 1. The molecule has 1 saturated heterocycles. The second-order valence-corrected chi connectivity index (χ2v) is 5.89. The largest absolute Gasteiger partial charge is 0.469 e. The Morgan fingerprint density at radius 3 is 2.79 bits per heavy atom. The highest BCUT2D eigenvalue weighted by Crippen LogP contribution is 2.58. The zero-order chi connectivity index (χ0) is 13.7. The third-order valence-corrected chi connectivity index (χ3v) is 5.02. The van der Waals surface area contributed by atoms with Crippen LogP contribution in [0.15, 0.2) is 0 Å². The molecule has 1 aliphatic heterocycles. The molecule has 7 heteroatoms. The first-order chi connectivity index (χ1) is 9.08. The molecule has 0 spiro atoms. The lowest BCUT2D eigenvalue weighted by atomic mass is 9.78. The Bertz CT molecular complexity index is 450. The highest BCUT2D eigenvalue weighted by atomic mass is 127. The number of ether oxygens (including phenoxy) is 3. The van der Waals surface area contributed by atoms with Gasteiger partial charge in [0.1, 0.15) is 12.2 Å². The molecule has 0 radical (unpaired) electrons. The van der Waals surface area contributed by atoms with E-state index in [4.69, 9.17) is 14.2 Å². The van der Waals surface area contributed by atoms with Crippen molar-refractivity contribution < 1.29 is 28.6 Å². The maximum absolute atomic E-state index is 11.9. The zero-order valence-electron chi connectivity index (χ0n) is 10.2. The summed E-state index contributed by atoms with van der Waals surface area (Å²) >= 11 is 1.92. The van der Waals surface area contributed by atoms with E-state index >= 15 is 0 Å². The fourth-order valence-electron chi connectivity index (χ4n) is 3.79. The molecule has 0 amide bonds. The molecule has 3 rings (SSSR count). The molecule has 6 nitrogen and oxygen atoms in total. The van der Waals surface area contributed by atoms with Crippen LogP contribution < -0.4 is 0 Å². The first kappa shape index (κ1) is 13.1. The number of carbonyl (C=O) groups is 3. The third kappa shape index (κ3) is 1.77. The molecule has 2 saturated carbocycles. The lowest BCUT2D eigenvalue weighted by molar-refractivity contribution is -0.162. The minimum absolute atomic E-state index is 0.0198. The number of esters is 3. The Balaban J connectivity index is 1.88. The van der Waals surface area contributed by atoms with Gasteiger partial charge in [-0.05, 0) is 6.42 Å². The maximum Gasteiger partial charge on any atom is 0.316 e. The van der Waals surface area contributed by atoms with Crippen LogP contribution in [0, 0.1) is 23.7 Å². The Morgan fingerprint density at radius 2 is 2.16 bits per heavy atom. The van der Waals surface area contributed by atoms with Gasteiger partial charge >= 0.3 is 17.9 Å². The standard InChI is InChI=1S/C12H13IO6/c1-17-11(15)7-4-2-5-8(7)12(16)19-10(5)9(4)18-6(14)3-13/h4-5,7-10H,2-3H2,1H3. The van der Waals surface area contributed by atoms with Crippen LogP contribution in [-0.4, -0.2) is 41.7 Å². The molecule has 0 aromatic rings. The van der Waals surface area contributed by atoms with Gasteiger partial charge in [0.2, 0.25) is 0 Å². The van der Waals surface area contributed by atoms with E-state index in [0.717, 1.165) is 0 Å². The van der Waals surface area contributed by atoms with Gasteiger partial charge < -0.3 is 14.2 Å². The Kier molecular flexibility index (Phi) is 3.18. The molecule has 104 valence electrons. The molecule has 1 heterocycles. The Hall–Kier alpha value is -0.860. The van der Waals surface area contributed by atoms with Crippen molar-refractivity contribution in [2.75, 3.05) is 11.5 Å². The first-order valence-corrected chi connectivity index (χ1v) is 7.64.